The average molecular weight is 602 g/mol. The quantitative estimate of drug-likeness (QED) is 0.375. The van der Waals surface area contributed by atoms with E-state index in [0.717, 1.165) is 4.90 Å². The number of rotatable bonds is 6. The first-order valence-electron chi connectivity index (χ1n) is 11.2. The molecule has 1 aliphatic heterocycles. The topological polar surface area (TPSA) is 108 Å². The summed E-state index contributed by atoms with van der Waals surface area (Å²) in [5, 5.41) is 18.5. The van der Waals surface area contributed by atoms with Crippen molar-refractivity contribution in [3.63, 3.8) is 0 Å². The third kappa shape index (κ3) is 5.40. The van der Waals surface area contributed by atoms with Gasteiger partial charge < -0.3 is 20.4 Å². The molecule has 3 N–H and O–H groups in total. The van der Waals surface area contributed by atoms with Gasteiger partial charge in [0.15, 0.2) is 28.9 Å². The fraction of sp³-hybridized carbons (Fsp3) is 0.348. The maximum Gasteiger partial charge on any atom is 0.417 e. The standard InChI is InChI=1S/C23H16F10N4O4/c24-9-1-12(25)15(13(26)2-9)37-4-11(19(41)35-20(22(28,29)30)23(31,32)33)16(40)10-3-14(27)18(34-17(10)37)36-5-21(6-36,7-38)8-39/h1-4,20,38-39H,5-8H2,(H,35,41). The van der Waals surface area contributed by atoms with Crippen LogP contribution in [0, 0.1) is 28.7 Å². The molecule has 18 heteroatoms. The van der Waals surface area contributed by atoms with Gasteiger partial charge in [0, 0.05) is 31.4 Å². The van der Waals surface area contributed by atoms with Crippen molar-refractivity contribution < 1.29 is 58.9 Å². The molecule has 3 aromatic rings. The van der Waals surface area contributed by atoms with Crippen molar-refractivity contribution in [2.75, 3.05) is 31.2 Å². The molecule has 1 fully saturated rings. The number of hydrogen-bond acceptors (Lipinski definition) is 6. The Morgan fingerprint density at radius 1 is 0.951 bits per heavy atom. The number of aliphatic hydroxyl groups is 2. The van der Waals surface area contributed by atoms with E-state index in [0.29, 0.717) is 11.4 Å². The highest BCUT2D eigenvalue weighted by Gasteiger charge is 2.57. The Hall–Kier alpha value is -3.93. The molecule has 1 aliphatic rings. The van der Waals surface area contributed by atoms with E-state index in [9.17, 15) is 59.3 Å². The van der Waals surface area contributed by atoms with Crippen molar-refractivity contribution in [3.05, 3.63) is 63.5 Å². The predicted octanol–water partition coefficient (Wildman–Crippen LogP) is 2.96. The molecule has 1 saturated heterocycles. The molecule has 0 spiro atoms. The SMILES string of the molecule is O=C(NC(C(F)(F)F)C(F)(F)F)c1cn(-c2c(F)cc(F)cc2F)c2nc(N3CC(CO)(CO)C3)c(F)cc2c1=O. The highest BCUT2D eigenvalue weighted by molar-refractivity contribution is 5.97. The largest absolute Gasteiger partial charge is 0.417 e. The zero-order valence-corrected chi connectivity index (χ0v) is 20.0. The van der Waals surface area contributed by atoms with Gasteiger partial charge in [-0.25, -0.2) is 22.5 Å². The molecule has 0 unspecified atom stereocenters. The minimum absolute atomic E-state index is 0.141. The van der Waals surface area contributed by atoms with Crippen molar-refractivity contribution in [2.45, 2.75) is 18.4 Å². The molecular formula is C23H16F10N4O4. The van der Waals surface area contributed by atoms with Crippen LogP contribution in [0.1, 0.15) is 10.4 Å². The molecule has 0 atom stereocenters. The summed E-state index contributed by atoms with van der Waals surface area (Å²) < 4.78 is 136. The van der Waals surface area contributed by atoms with Gasteiger partial charge in [0.25, 0.3) is 5.91 Å². The van der Waals surface area contributed by atoms with E-state index in [4.69, 9.17) is 0 Å². The monoisotopic (exact) mass is 602 g/mol. The molecule has 222 valence electrons. The lowest BCUT2D eigenvalue weighted by Gasteiger charge is -2.48. The van der Waals surface area contributed by atoms with Gasteiger partial charge in [0.1, 0.15) is 17.1 Å². The number of carbonyl (C=O) groups is 1. The highest BCUT2D eigenvalue weighted by atomic mass is 19.4. The van der Waals surface area contributed by atoms with Crippen LogP contribution in [0.3, 0.4) is 0 Å². The van der Waals surface area contributed by atoms with Crippen molar-refractivity contribution in [3.8, 4) is 5.69 Å². The number of nitrogens with zero attached hydrogens (tertiary/aromatic N) is 3. The lowest BCUT2D eigenvalue weighted by molar-refractivity contribution is -0.255. The number of pyridine rings is 2. The second kappa shape index (κ2) is 10.2. The van der Waals surface area contributed by atoms with Crippen LogP contribution in [0.2, 0.25) is 0 Å². The minimum atomic E-state index is -6.07. The minimum Gasteiger partial charge on any atom is -0.396 e. The Kier molecular flexibility index (Phi) is 7.45. The number of hydrogen-bond donors (Lipinski definition) is 3. The second-order valence-electron chi connectivity index (χ2n) is 9.29. The molecule has 3 heterocycles. The zero-order valence-electron chi connectivity index (χ0n) is 20.0. The van der Waals surface area contributed by atoms with Gasteiger partial charge in [-0.3, -0.25) is 14.2 Å². The van der Waals surface area contributed by atoms with Crippen LogP contribution < -0.4 is 15.6 Å². The van der Waals surface area contributed by atoms with E-state index in [1.54, 1.807) is 0 Å². The lowest BCUT2D eigenvalue weighted by Crippen LogP contribution is -2.61. The Labute approximate surface area is 221 Å². The van der Waals surface area contributed by atoms with Crippen LogP contribution in [0.5, 0.6) is 0 Å². The number of aliphatic hydroxyl groups excluding tert-OH is 2. The van der Waals surface area contributed by atoms with Crippen molar-refractivity contribution in [2.24, 2.45) is 5.41 Å². The Morgan fingerprint density at radius 3 is 1.98 bits per heavy atom. The first-order chi connectivity index (χ1) is 18.9. The van der Waals surface area contributed by atoms with E-state index in [1.165, 1.54) is 0 Å². The van der Waals surface area contributed by atoms with Gasteiger partial charge >= 0.3 is 12.4 Å². The molecule has 4 rings (SSSR count). The molecule has 2 aromatic heterocycles. The Morgan fingerprint density at radius 2 is 1.49 bits per heavy atom. The molecule has 0 radical (unpaired) electrons. The summed E-state index contributed by atoms with van der Waals surface area (Å²) in [6.45, 7) is -1.42. The Bertz CT molecular complexity index is 1540. The highest BCUT2D eigenvalue weighted by Crippen LogP contribution is 2.36. The molecular weight excluding hydrogens is 586 g/mol. The van der Waals surface area contributed by atoms with Crippen LogP contribution >= 0.6 is 0 Å². The van der Waals surface area contributed by atoms with E-state index >= 15 is 4.39 Å². The fourth-order valence-electron chi connectivity index (χ4n) is 4.25. The third-order valence-corrected chi connectivity index (χ3v) is 6.33. The van der Waals surface area contributed by atoms with E-state index in [-0.39, 0.29) is 36.0 Å². The average Bonchev–Trinajstić information content (AvgIpc) is 2.82. The fourth-order valence-corrected chi connectivity index (χ4v) is 4.25. The zero-order chi connectivity index (χ0) is 30.7. The molecule has 0 bridgehead atoms. The van der Waals surface area contributed by atoms with Gasteiger partial charge in [-0.2, -0.15) is 26.3 Å². The van der Waals surface area contributed by atoms with Crippen LogP contribution in [-0.2, 0) is 0 Å². The van der Waals surface area contributed by atoms with Crippen LogP contribution in [0.15, 0.2) is 29.2 Å². The van der Waals surface area contributed by atoms with E-state index in [1.807, 2.05) is 0 Å². The van der Waals surface area contributed by atoms with Crippen molar-refractivity contribution in [1.29, 1.82) is 0 Å². The second-order valence-corrected chi connectivity index (χ2v) is 9.29. The molecule has 41 heavy (non-hydrogen) atoms. The number of aromatic nitrogens is 2. The number of carbonyl (C=O) groups excluding carboxylic acids is 1. The number of fused-ring (bicyclic) bond motifs is 1. The summed E-state index contributed by atoms with van der Waals surface area (Å²) in [4.78, 5) is 30.5. The normalized spacial score (nSPS) is 15.4. The number of nitrogens with one attached hydrogen (secondary N) is 1. The van der Waals surface area contributed by atoms with E-state index in [2.05, 4.69) is 4.98 Å². The number of benzene rings is 1. The third-order valence-electron chi connectivity index (χ3n) is 6.33. The van der Waals surface area contributed by atoms with Crippen LogP contribution in [-0.4, -0.2) is 70.4 Å². The number of anilines is 1. The van der Waals surface area contributed by atoms with Crippen molar-refractivity contribution >= 4 is 22.8 Å². The molecule has 1 aromatic carbocycles. The van der Waals surface area contributed by atoms with Gasteiger partial charge in [0.2, 0.25) is 11.5 Å². The maximum atomic E-state index is 15.1. The molecule has 0 aliphatic carbocycles. The summed E-state index contributed by atoms with van der Waals surface area (Å²) in [7, 11) is 0. The number of alkyl halides is 6. The maximum absolute atomic E-state index is 15.1. The van der Waals surface area contributed by atoms with Gasteiger partial charge in [-0.1, -0.05) is 0 Å². The van der Waals surface area contributed by atoms with Crippen LogP contribution in [0.4, 0.5) is 49.7 Å². The number of halogens is 10. The summed E-state index contributed by atoms with van der Waals surface area (Å²) in [6.07, 6.45) is -12.0. The van der Waals surface area contributed by atoms with Gasteiger partial charge in [-0.15, -0.1) is 0 Å². The van der Waals surface area contributed by atoms with Gasteiger partial charge in [0.05, 0.1) is 24.0 Å². The first-order valence-corrected chi connectivity index (χ1v) is 11.2. The molecule has 1 amide bonds. The van der Waals surface area contributed by atoms with Crippen LogP contribution in [0.25, 0.3) is 16.7 Å². The van der Waals surface area contributed by atoms with Crippen molar-refractivity contribution in [1.82, 2.24) is 14.9 Å². The first kappa shape index (κ1) is 30.0. The summed E-state index contributed by atoms with van der Waals surface area (Å²) >= 11 is 0. The molecule has 0 saturated carbocycles. The smallest absolute Gasteiger partial charge is 0.396 e. The summed E-state index contributed by atoms with van der Waals surface area (Å²) in [5.74, 6) is -9.01. The van der Waals surface area contributed by atoms with E-state index < -0.39 is 99.7 Å². The number of amides is 1. The Balaban J connectivity index is 1.96. The lowest BCUT2D eigenvalue weighted by atomic mass is 9.81. The predicted molar refractivity (Wildman–Crippen MR) is 119 cm³/mol. The summed E-state index contributed by atoms with van der Waals surface area (Å²) in [6, 6.07) is -3.79. The molecule has 8 nitrogen and oxygen atoms in total. The van der Waals surface area contributed by atoms with Gasteiger partial charge in [-0.05, 0) is 6.07 Å². The summed E-state index contributed by atoms with van der Waals surface area (Å²) in [5.41, 5.74) is -6.32.